The van der Waals surface area contributed by atoms with Gasteiger partial charge in [-0.15, -0.1) is 11.8 Å². The van der Waals surface area contributed by atoms with Crippen molar-refractivity contribution >= 4 is 35.0 Å². The minimum atomic E-state index is -0.125. The minimum Gasteiger partial charge on any atom is -0.492 e. The molecule has 104 valence electrons. The first-order chi connectivity index (χ1) is 9.20. The molecule has 6 heteroatoms. The van der Waals surface area contributed by atoms with E-state index in [2.05, 4.69) is 10.6 Å². The summed E-state index contributed by atoms with van der Waals surface area (Å²) in [5.74, 6) is 2.25. The average Bonchev–Trinajstić information content (AvgIpc) is 2.92. The van der Waals surface area contributed by atoms with Gasteiger partial charge in [0.2, 0.25) is 5.91 Å². The lowest BCUT2D eigenvalue weighted by molar-refractivity contribution is -0.117. The van der Waals surface area contributed by atoms with E-state index >= 15 is 0 Å². The predicted molar refractivity (Wildman–Crippen MR) is 80.1 cm³/mol. The number of carbonyl (C=O) groups is 1. The molecular weight excluding hydrogens is 284 g/mol. The van der Waals surface area contributed by atoms with Crippen LogP contribution in [0.5, 0.6) is 5.75 Å². The lowest BCUT2D eigenvalue weighted by Crippen LogP contribution is -2.37. The Labute approximate surface area is 122 Å². The summed E-state index contributed by atoms with van der Waals surface area (Å²) in [6.07, 6.45) is 0.930. The SMILES string of the molecule is CCCOc1ccc(NC(=O)C2CSCN2)cc1Cl. The molecule has 1 aromatic carbocycles. The van der Waals surface area contributed by atoms with Crippen LogP contribution < -0.4 is 15.4 Å². The minimum absolute atomic E-state index is 0.0247. The standard InChI is InChI=1S/C13H17ClN2O2S/c1-2-5-18-12-4-3-9(6-10(12)14)16-13(17)11-7-19-8-15-11/h3-4,6,11,15H,2,5,7-8H2,1H3,(H,16,17). The molecule has 1 amide bonds. The van der Waals surface area contributed by atoms with Gasteiger partial charge < -0.3 is 10.1 Å². The molecule has 1 aromatic rings. The molecule has 0 radical (unpaired) electrons. The van der Waals surface area contributed by atoms with Crippen LogP contribution in [0.15, 0.2) is 18.2 Å². The van der Waals surface area contributed by atoms with E-state index in [0.29, 0.717) is 23.1 Å². The fourth-order valence-corrected chi connectivity index (χ4v) is 2.88. The molecule has 1 saturated heterocycles. The van der Waals surface area contributed by atoms with Crippen molar-refractivity contribution in [1.29, 1.82) is 0 Å². The number of amides is 1. The molecule has 1 heterocycles. The van der Waals surface area contributed by atoms with Crippen LogP contribution in [0.25, 0.3) is 0 Å². The van der Waals surface area contributed by atoms with E-state index in [-0.39, 0.29) is 11.9 Å². The fraction of sp³-hybridized carbons (Fsp3) is 0.462. The van der Waals surface area contributed by atoms with Gasteiger partial charge in [-0.3, -0.25) is 10.1 Å². The molecule has 1 aliphatic heterocycles. The first-order valence-corrected chi connectivity index (χ1v) is 7.78. The van der Waals surface area contributed by atoms with Gasteiger partial charge >= 0.3 is 0 Å². The lowest BCUT2D eigenvalue weighted by atomic mass is 10.2. The summed E-state index contributed by atoms with van der Waals surface area (Å²) in [6, 6.07) is 5.17. The number of hydrogen-bond donors (Lipinski definition) is 2. The van der Waals surface area contributed by atoms with Crippen LogP contribution in [0, 0.1) is 0 Å². The molecule has 4 nitrogen and oxygen atoms in total. The van der Waals surface area contributed by atoms with E-state index in [1.807, 2.05) is 6.92 Å². The largest absolute Gasteiger partial charge is 0.492 e. The molecular formula is C13H17ClN2O2S. The number of thioether (sulfide) groups is 1. The van der Waals surface area contributed by atoms with Crippen LogP contribution in [0.2, 0.25) is 5.02 Å². The molecule has 0 aromatic heterocycles. The molecule has 0 saturated carbocycles. The van der Waals surface area contributed by atoms with Gasteiger partial charge in [-0.1, -0.05) is 18.5 Å². The highest BCUT2D eigenvalue weighted by Crippen LogP contribution is 2.28. The predicted octanol–water partition coefficient (Wildman–Crippen LogP) is 2.73. The Bertz CT molecular complexity index is 450. The number of hydrogen-bond acceptors (Lipinski definition) is 4. The van der Waals surface area contributed by atoms with Crippen molar-refractivity contribution in [2.24, 2.45) is 0 Å². The van der Waals surface area contributed by atoms with E-state index in [0.717, 1.165) is 18.1 Å². The molecule has 1 aliphatic rings. The summed E-state index contributed by atoms with van der Waals surface area (Å²) in [4.78, 5) is 11.9. The van der Waals surface area contributed by atoms with Crippen molar-refractivity contribution in [3.8, 4) is 5.75 Å². The molecule has 2 N–H and O–H groups in total. The smallest absolute Gasteiger partial charge is 0.242 e. The van der Waals surface area contributed by atoms with Crippen molar-refractivity contribution < 1.29 is 9.53 Å². The highest BCUT2D eigenvalue weighted by atomic mass is 35.5. The maximum Gasteiger partial charge on any atom is 0.242 e. The van der Waals surface area contributed by atoms with Crippen LogP contribution >= 0.6 is 23.4 Å². The van der Waals surface area contributed by atoms with Gasteiger partial charge in [0.1, 0.15) is 5.75 Å². The van der Waals surface area contributed by atoms with Crippen molar-refractivity contribution in [2.45, 2.75) is 19.4 Å². The summed E-state index contributed by atoms with van der Waals surface area (Å²) >= 11 is 7.83. The van der Waals surface area contributed by atoms with E-state index in [1.165, 1.54) is 0 Å². The van der Waals surface area contributed by atoms with Gasteiger partial charge in [0.25, 0.3) is 0 Å². The molecule has 1 atom stereocenters. The second-order valence-electron chi connectivity index (χ2n) is 4.25. The van der Waals surface area contributed by atoms with E-state index in [4.69, 9.17) is 16.3 Å². The van der Waals surface area contributed by atoms with E-state index < -0.39 is 0 Å². The number of nitrogens with one attached hydrogen (secondary N) is 2. The quantitative estimate of drug-likeness (QED) is 0.878. The van der Waals surface area contributed by atoms with Crippen LogP contribution in [0.3, 0.4) is 0 Å². The Morgan fingerprint density at radius 2 is 2.47 bits per heavy atom. The third-order valence-corrected chi connectivity index (χ3v) is 3.93. The van der Waals surface area contributed by atoms with Gasteiger partial charge in [-0.05, 0) is 24.6 Å². The molecule has 2 rings (SSSR count). The molecule has 0 aliphatic carbocycles. The van der Waals surface area contributed by atoms with Crippen LogP contribution in [-0.2, 0) is 4.79 Å². The van der Waals surface area contributed by atoms with Gasteiger partial charge in [-0.2, -0.15) is 0 Å². The lowest BCUT2D eigenvalue weighted by Gasteiger charge is -2.12. The average molecular weight is 301 g/mol. The Morgan fingerprint density at radius 3 is 3.11 bits per heavy atom. The number of anilines is 1. The highest BCUT2D eigenvalue weighted by Gasteiger charge is 2.22. The van der Waals surface area contributed by atoms with Crippen LogP contribution in [-0.4, -0.2) is 30.2 Å². The van der Waals surface area contributed by atoms with E-state index in [1.54, 1.807) is 30.0 Å². The van der Waals surface area contributed by atoms with Gasteiger partial charge in [-0.25, -0.2) is 0 Å². The molecule has 1 unspecified atom stereocenters. The Hall–Kier alpha value is -0.910. The van der Waals surface area contributed by atoms with Crippen LogP contribution in [0.4, 0.5) is 5.69 Å². The van der Waals surface area contributed by atoms with Crippen molar-refractivity contribution in [1.82, 2.24) is 5.32 Å². The maximum atomic E-state index is 11.9. The summed E-state index contributed by atoms with van der Waals surface area (Å²) in [5.41, 5.74) is 0.692. The molecule has 0 spiro atoms. The summed E-state index contributed by atoms with van der Waals surface area (Å²) in [6.45, 7) is 2.67. The zero-order chi connectivity index (χ0) is 13.7. The summed E-state index contributed by atoms with van der Waals surface area (Å²) in [7, 11) is 0. The van der Waals surface area contributed by atoms with Crippen molar-refractivity contribution in [3.05, 3.63) is 23.2 Å². The number of rotatable bonds is 5. The number of carbonyl (C=O) groups excluding carboxylic acids is 1. The van der Waals surface area contributed by atoms with Crippen molar-refractivity contribution in [3.63, 3.8) is 0 Å². The fourth-order valence-electron chi connectivity index (χ4n) is 1.70. The summed E-state index contributed by atoms with van der Waals surface area (Å²) < 4.78 is 5.49. The van der Waals surface area contributed by atoms with Gasteiger partial charge in [0.15, 0.2) is 0 Å². The second kappa shape index (κ2) is 7.03. The summed E-state index contributed by atoms with van der Waals surface area (Å²) in [5, 5.41) is 6.49. The normalized spacial score (nSPS) is 18.3. The third-order valence-electron chi connectivity index (χ3n) is 2.69. The van der Waals surface area contributed by atoms with Crippen molar-refractivity contribution in [2.75, 3.05) is 23.6 Å². The number of halogens is 1. The zero-order valence-electron chi connectivity index (χ0n) is 10.7. The Balaban J connectivity index is 1.97. The molecule has 19 heavy (non-hydrogen) atoms. The Kier molecular flexibility index (Phi) is 5.36. The van der Waals surface area contributed by atoms with Gasteiger partial charge in [0.05, 0.1) is 17.7 Å². The van der Waals surface area contributed by atoms with Gasteiger partial charge in [0, 0.05) is 17.3 Å². The van der Waals surface area contributed by atoms with Crippen LogP contribution in [0.1, 0.15) is 13.3 Å². The van der Waals surface area contributed by atoms with E-state index in [9.17, 15) is 4.79 Å². The molecule has 0 bridgehead atoms. The Morgan fingerprint density at radius 1 is 1.63 bits per heavy atom. The number of ether oxygens (including phenoxy) is 1. The first-order valence-electron chi connectivity index (χ1n) is 6.25. The monoisotopic (exact) mass is 300 g/mol. The molecule has 1 fully saturated rings. The highest BCUT2D eigenvalue weighted by molar-refractivity contribution is 7.99. The number of benzene rings is 1. The third kappa shape index (κ3) is 4.03. The zero-order valence-corrected chi connectivity index (χ0v) is 12.3. The first kappa shape index (κ1) is 14.5. The second-order valence-corrected chi connectivity index (χ2v) is 5.69. The topological polar surface area (TPSA) is 50.4 Å². The maximum absolute atomic E-state index is 11.9.